The SMILES string of the molecule is CCCC/C=C\CCCCCCCC(=O)OCC(COC1OC(CO)C(O)C(O)C1O)OC(=O)CCCCCCC/C=C\CCCCCCC. The van der Waals surface area contributed by atoms with Crippen LogP contribution >= 0.6 is 0 Å². The highest BCUT2D eigenvalue weighted by molar-refractivity contribution is 5.70. The van der Waals surface area contributed by atoms with E-state index in [1.165, 1.54) is 44.9 Å². The molecular weight excluding hydrogens is 640 g/mol. The number of hydrogen-bond acceptors (Lipinski definition) is 10. The number of hydrogen-bond donors (Lipinski definition) is 4. The maximum atomic E-state index is 12.7. The van der Waals surface area contributed by atoms with Gasteiger partial charge >= 0.3 is 11.9 Å². The van der Waals surface area contributed by atoms with Crippen molar-refractivity contribution in [2.45, 2.75) is 198 Å². The van der Waals surface area contributed by atoms with Gasteiger partial charge in [0.2, 0.25) is 0 Å². The maximum absolute atomic E-state index is 12.7. The Bertz CT molecular complexity index is 876. The molecule has 50 heavy (non-hydrogen) atoms. The smallest absolute Gasteiger partial charge is 0.306 e. The fraction of sp³-hybridized carbons (Fsp3) is 0.850. The summed E-state index contributed by atoms with van der Waals surface area (Å²) in [5.41, 5.74) is 0. The van der Waals surface area contributed by atoms with Crippen molar-refractivity contribution in [3.05, 3.63) is 24.3 Å². The molecule has 0 aliphatic carbocycles. The fourth-order valence-corrected chi connectivity index (χ4v) is 5.81. The zero-order valence-electron chi connectivity index (χ0n) is 31.4. The van der Waals surface area contributed by atoms with Crippen molar-refractivity contribution in [2.75, 3.05) is 19.8 Å². The first-order chi connectivity index (χ1) is 24.3. The molecule has 10 nitrogen and oxygen atoms in total. The molecule has 1 rings (SSSR count). The third kappa shape index (κ3) is 23.6. The second-order valence-corrected chi connectivity index (χ2v) is 13.7. The predicted octanol–water partition coefficient (Wildman–Crippen LogP) is 7.38. The van der Waals surface area contributed by atoms with Crippen molar-refractivity contribution >= 4 is 11.9 Å². The van der Waals surface area contributed by atoms with Crippen molar-refractivity contribution in [3.63, 3.8) is 0 Å². The Morgan fingerprint density at radius 3 is 1.62 bits per heavy atom. The molecule has 0 saturated carbocycles. The minimum Gasteiger partial charge on any atom is -0.462 e. The molecular formula is C40H72O10. The molecule has 1 fully saturated rings. The van der Waals surface area contributed by atoms with Gasteiger partial charge in [-0.3, -0.25) is 9.59 Å². The van der Waals surface area contributed by atoms with E-state index in [4.69, 9.17) is 18.9 Å². The predicted molar refractivity (Wildman–Crippen MR) is 196 cm³/mol. The molecule has 0 spiro atoms. The second-order valence-electron chi connectivity index (χ2n) is 13.7. The zero-order valence-corrected chi connectivity index (χ0v) is 31.4. The third-order valence-corrected chi connectivity index (χ3v) is 9.06. The summed E-state index contributed by atoms with van der Waals surface area (Å²) in [5, 5.41) is 39.9. The van der Waals surface area contributed by atoms with E-state index in [2.05, 4.69) is 38.2 Å². The lowest BCUT2D eigenvalue weighted by atomic mass is 9.99. The van der Waals surface area contributed by atoms with E-state index in [-0.39, 0.29) is 32.0 Å². The fourth-order valence-electron chi connectivity index (χ4n) is 5.81. The van der Waals surface area contributed by atoms with Crippen LogP contribution < -0.4 is 0 Å². The molecule has 0 aromatic carbocycles. The summed E-state index contributed by atoms with van der Waals surface area (Å²) >= 11 is 0. The molecule has 1 heterocycles. The van der Waals surface area contributed by atoms with Crippen molar-refractivity contribution in [3.8, 4) is 0 Å². The van der Waals surface area contributed by atoms with E-state index in [1.54, 1.807) is 0 Å². The van der Waals surface area contributed by atoms with E-state index in [9.17, 15) is 30.0 Å². The van der Waals surface area contributed by atoms with Gasteiger partial charge in [0.15, 0.2) is 12.4 Å². The first-order valence-electron chi connectivity index (χ1n) is 19.9. The number of aliphatic hydroxyl groups excluding tert-OH is 4. The van der Waals surface area contributed by atoms with Crippen LogP contribution in [0.5, 0.6) is 0 Å². The summed E-state index contributed by atoms with van der Waals surface area (Å²) in [4.78, 5) is 25.2. The molecule has 10 heteroatoms. The molecule has 4 N–H and O–H groups in total. The number of unbranched alkanes of at least 4 members (excludes halogenated alkanes) is 17. The highest BCUT2D eigenvalue weighted by Crippen LogP contribution is 2.22. The molecule has 0 amide bonds. The van der Waals surface area contributed by atoms with Gasteiger partial charge in [0.1, 0.15) is 31.0 Å². The number of esters is 2. The topological polar surface area (TPSA) is 152 Å². The van der Waals surface area contributed by atoms with Gasteiger partial charge in [-0.2, -0.15) is 0 Å². The van der Waals surface area contributed by atoms with Crippen LogP contribution in [0.15, 0.2) is 24.3 Å². The lowest BCUT2D eigenvalue weighted by Crippen LogP contribution is -2.59. The second kappa shape index (κ2) is 31.9. The molecule has 0 aromatic heterocycles. The number of rotatable bonds is 32. The number of ether oxygens (including phenoxy) is 4. The molecule has 1 aliphatic heterocycles. The van der Waals surface area contributed by atoms with Crippen LogP contribution in [-0.2, 0) is 28.5 Å². The average Bonchev–Trinajstić information content (AvgIpc) is 3.11. The molecule has 1 saturated heterocycles. The number of allylic oxidation sites excluding steroid dienone is 4. The molecule has 1 aliphatic rings. The first kappa shape index (κ1) is 46.2. The zero-order chi connectivity index (χ0) is 36.7. The number of carbonyl (C=O) groups is 2. The summed E-state index contributed by atoms with van der Waals surface area (Å²) in [5.74, 6) is -0.829. The molecule has 0 radical (unpaired) electrons. The van der Waals surface area contributed by atoms with Crippen molar-refractivity contribution in [1.29, 1.82) is 0 Å². The number of aliphatic hydroxyl groups is 4. The normalized spacial score (nSPS) is 21.6. The molecule has 0 aromatic rings. The standard InChI is InChI=1S/C40H72O10/c1-3-5-7-9-11-13-15-16-17-19-21-23-25-27-29-36(43)49-33(32-48-40-39(46)38(45)37(44)34(30-41)50-40)31-47-35(42)28-26-24-22-20-18-14-12-10-8-6-4-2/h10,12,15-16,33-34,37-41,44-46H,3-9,11,13-14,17-32H2,1-2H3/b12-10-,16-15-. The first-order valence-corrected chi connectivity index (χ1v) is 19.9. The average molecular weight is 713 g/mol. The maximum Gasteiger partial charge on any atom is 0.306 e. The summed E-state index contributed by atoms with van der Waals surface area (Å²) in [7, 11) is 0. The van der Waals surface area contributed by atoms with Gasteiger partial charge in [-0.05, 0) is 57.8 Å². The monoisotopic (exact) mass is 713 g/mol. The Hall–Kier alpha value is -1.82. The van der Waals surface area contributed by atoms with Gasteiger partial charge in [0.25, 0.3) is 0 Å². The van der Waals surface area contributed by atoms with Gasteiger partial charge in [-0.15, -0.1) is 0 Å². The minimum atomic E-state index is -1.59. The van der Waals surface area contributed by atoms with E-state index in [1.807, 2.05) is 0 Å². The molecule has 292 valence electrons. The Labute approximate surface area is 303 Å². The van der Waals surface area contributed by atoms with Crippen LogP contribution in [-0.4, -0.2) is 89.0 Å². The van der Waals surface area contributed by atoms with Gasteiger partial charge in [-0.25, -0.2) is 0 Å². The van der Waals surface area contributed by atoms with Crippen LogP contribution in [0, 0.1) is 0 Å². The van der Waals surface area contributed by atoms with Crippen molar-refractivity contribution in [2.24, 2.45) is 0 Å². The Morgan fingerprint density at radius 2 is 1.08 bits per heavy atom. The highest BCUT2D eigenvalue weighted by atomic mass is 16.7. The molecule has 6 unspecified atom stereocenters. The Balaban J connectivity index is 2.40. The van der Waals surface area contributed by atoms with E-state index in [0.29, 0.717) is 12.8 Å². The van der Waals surface area contributed by atoms with Gasteiger partial charge < -0.3 is 39.4 Å². The lowest BCUT2D eigenvalue weighted by Gasteiger charge is -2.39. The number of carbonyl (C=O) groups excluding carboxylic acids is 2. The molecule has 6 atom stereocenters. The summed E-state index contributed by atoms with van der Waals surface area (Å²) in [6, 6.07) is 0. The van der Waals surface area contributed by atoms with E-state index in [0.717, 1.165) is 77.0 Å². The Kier molecular flexibility index (Phi) is 29.5. The summed E-state index contributed by atoms with van der Waals surface area (Å²) in [6.45, 7) is 3.34. The summed E-state index contributed by atoms with van der Waals surface area (Å²) in [6.07, 6.45) is 24.7. The van der Waals surface area contributed by atoms with Gasteiger partial charge in [0, 0.05) is 12.8 Å². The van der Waals surface area contributed by atoms with Gasteiger partial charge in [-0.1, -0.05) is 115 Å². The third-order valence-electron chi connectivity index (χ3n) is 9.06. The van der Waals surface area contributed by atoms with Crippen LogP contribution in [0.4, 0.5) is 0 Å². The summed E-state index contributed by atoms with van der Waals surface area (Å²) < 4.78 is 22.0. The minimum absolute atomic E-state index is 0.219. The highest BCUT2D eigenvalue weighted by Gasteiger charge is 2.44. The van der Waals surface area contributed by atoms with E-state index >= 15 is 0 Å². The Morgan fingerprint density at radius 1 is 0.600 bits per heavy atom. The largest absolute Gasteiger partial charge is 0.462 e. The van der Waals surface area contributed by atoms with Crippen LogP contribution in [0.25, 0.3) is 0 Å². The van der Waals surface area contributed by atoms with E-state index < -0.39 is 49.4 Å². The van der Waals surface area contributed by atoms with Crippen molar-refractivity contribution in [1.82, 2.24) is 0 Å². The quantitative estimate of drug-likeness (QED) is 0.0316. The van der Waals surface area contributed by atoms with Crippen LogP contribution in [0.2, 0.25) is 0 Å². The molecule has 0 bridgehead atoms. The van der Waals surface area contributed by atoms with Gasteiger partial charge in [0.05, 0.1) is 13.2 Å². The van der Waals surface area contributed by atoms with Crippen LogP contribution in [0.3, 0.4) is 0 Å². The lowest BCUT2D eigenvalue weighted by molar-refractivity contribution is -0.305. The van der Waals surface area contributed by atoms with Crippen molar-refractivity contribution < 1.29 is 49.0 Å². The van der Waals surface area contributed by atoms with Crippen LogP contribution in [0.1, 0.15) is 162 Å².